The molecular formula is C23H25FN4OS. The first-order valence-electron chi connectivity index (χ1n) is 10.0. The van der Waals surface area contributed by atoms with Gasteiger partial charge in [0.05, 0.1) is 11.7 Å². The molecule has 1 aliphatic rings. The molecule has 1 fully saturated rings. The van der Waals surface area contributed by atoms with E-state index in [1.807, 2.05) is 30.3 Å². The number of furan rings is 1. The lowest BCUT2D eigenvalue weighted by Gasteiger charge is -2.26. The molecule has 30 heavy (non-hydrogen) atoms. The minimum absolute atomic E-state index is 0.106. The lowest BCUT2D eigenvalue weighted by atomic mass is 10.0. The van der Waals surface area contributed by atoms with Crippen molar-refractivity contribution < 1.29 is 8.81 Å². The first-order valence-corrected chi connectivity index (χ1v) is 10.4. The predicted octanol–water partition coefficient (Wildman–Crippen LogP) is 4.40. The summed E-state index contributed by atoms with van der Waals surface area (Å²) in [7, 11) is 4.13. The second-order valence-electron chi connectivity index (χ2n) is 7.69. The summed E-state index contributed by atoms with van der Waals surface area (Å²) < 4.78 is 19.5. The minimum atomic E-state index is -0.266. The highest BCUT2D eigenvalue weighted by molar-refractivity contribution is 7.80. The Morgan fingerprint density at radius 2 is 1.93 bits per heavy atom. The quantitative estimate of drug-likeness (QED) is 0.567. The second-order valence-corrected chi connectivity index (χ2v) is 8.07. The number of nitrogens with zero attached hydrogens (tertiary/aromatic N) is 3. The van der Waals surface area contributed by atoms with Crippen molar-refractivity contribution in [2.45, 2.75) is 18.5 Å². The number of halogens is 1. The van der Waals surface area contributed by atoms with E-state index >= 15 is 0 Å². The fourth-order valence-electron chi connectivity index (χ4n) is 3.79. The highest BCUT2D eigenvalue weighted by Gasteiger charge is 2.41. The van der Waals surface area contributed by atoms with Crippen LogP contribution in [0.3, 0.4) is 0 Å². The third kappa shape index (κ3) is 4.37. The van der Waals surface area contributed by atoms with Crippen molar-refractivity contribution in [3.05, 3.63) is 78.1 Å². The maximum atomic E-state index is 13.3. The zero-order valence-electron chi connectivity index (χ0n) is 17.1. The van der Waals surface area contributed by atoms with E-state index in [9.17, 15) is 4.39 Å². The van der Waals surface area contributed by atoms with Crippen LogP contribution >= 0.6 is 12.2 Å². The lowest BCUT2D eigenvalue weighted by molar-refractivity contribution is 0.261. The molecule has 156 valence electrons. The van der Waals surface area contributed by atoms with Gasteiger partial charge in [-0.05, 0) is 87.8 Å². The van der Waals surface area contributed by atoms with Crippen molar-refractivity contribution in [2.24, 2.45) is 0 Å². The molecule has 5 nitrogen and oxygen atoms in total. The van der Waals surface area contributed by atoms with Crippen LogP contribution in [0.25, 0.3) is 11.3 Å². The van der Waals surface area contributed by atoms with Gasteiger partial charge in [0.2, 0.25) is 0 Å². The number of aromatic nitrogens is 1. The fraction of sp³-hybridized carbons (Fsp3) is 0.304. The van der Waals surface area contributed by atoms with Crippen LogP contribution < -0.4 is 5.32 Å². The third-order valence-electron chi connectivity index (χ3n) is 5.25. The monoisotopic (exact) mass is 424 g/mol. The Bertz CT molecular complexity index is 990. The van der Waals surface area contributed by atoms with Gasteiger partial charge in [0.1, 0.15) is 23.4 Å². The molecule has 2 atom stereocenters. The van der Waals surface area contributed by atoms with Crippen molar-refractivity contribution in [2.75, 3.05) is 27.2 Å². The summed E-state index contributed by atoms with van der Waals surface area (Å²) >= 11 is 5.68. The van der Waals surface area contributed by atoms with Gasteiger partial charge in [-0.1, -0.05) is 6.07 Å². The first kappa shape index (κ1) is 20.5. The number of rotatable bonds is 7. The maximum absolute atomic E-state index is 13.3. The van der Waals surface area contributed by atoms with E-state index in [0.717, 1.165) is 36.5 Å². The number of hydrogen-bond donors (Lipinski definition) is 1. The minimum Gasteiger partial charge on any atom is -0.459 e. The molecule has 7 heteroatoms. The van der Waals surface area contributed by atoms with Gasteiger partial charge < -0.3 is 19.5 Å². The summed E-state index contributed by atoms with van der Waals surface area (Å²) in [5, 5.41) is 4.14. The van der Waals surface area contributed by atoms with E-state index in [1.54, 1.807) is 18.3 Å². The van der Waals surface area contributed by atoms with E-state index in [2.05, 4.69) is 34.2 Å². The zero-order valence-corrected chi connectivity index (χ0v) is 17.9. The topological polar surface area (TPSA) is 44.5 Å². The number of pyridine rings is 1. The van der Waals surface area contributed by atoms with Gasteiger partial charge in [-0.2, -0.15) is 0 Å². The lowest BCUT2D eigenvalue weighted by Crippen LogP contribution is -2.32. The van der Waals surface area contributed by atoms with E-state index in [-0.39, 0.29) is 17.9 Å². The van der Waals surface area contributed by atoms with Crippen molar-refractivity contribution in [3.63, 3.8) is 0 Å². The molecule has 0 unspecified atom stereocenters. The highest BCUT2D eigenvalue weighted by Crippen LogP contribution is 2.40. The van der Waals surface area contributed by atoms with Crippen LogP contribution in [0.15, 0.2) is 65.2 Å². The zero-order chi connectivity index (χ0) is 21.1. The van der Waals surface area contributed by atoms with Crippen LogP contribution in [-0.4, -0.2) is 47.1 Å². The van der Waals surface area contributed by atoms with E-state index in [4.69, 9.17) is 16.6 Å². The summed E-state index contributed by atoms with van der Waals surface area (Å²) in [4.78, 5) is 8.90. The SMILES string of the molecule is CN(C)CCCN1C(=S)N[C@H](c2ccccn2)[C@H]1c1ccc(-c2ccc(F)cc2)o1. The molecule has 0 aliphatic carbocycles. The Kier molecular flexibility index (Phi) is 6.11. The normalized spacial score (nSPS) is 18.8. The Hall–Kier alpha value is -2.77. The van der Waals surface area contributed by atoms with Gasteiger partial charge in [0.15, 0.2) is 5.11 Å². The smallest absolute Gasteiger partial charge is 0.170 e. The van der Waals surface area contributed by atoms with Gasteiger partial charge in [-0.15, -0.1) is 0 Å². The molecule has 0 spiro atoms. The summed E-state index contributed by atoms with van der Waals surface area (Å²) in [5.41, 5.74) is 1.75. The molecule has 3 aromatic rings. The molecule has 0 radical (unpaired) electrons. The molecule has 0 saturated carbocycles. The van der Waals surface area contributed by atoms with Gasteiger partial charge in [-0.3, -0.25) is 4.98 Å². The van der Waals surface area contributed by atoms with Crippen LogP contribution in [0.1, 0.15) is 30.0 Å². The summed E-state index contributed by atoms with van der Waals surface area (Å²) in [5.74, 6) is 1.25. The number of hydrogen-bond acceptors (Lipinski definition) is 4. The summed E-state index contributed by atoms with van der Waals surface area (Å²) in [6.45, 7) is 1.78. The maximum Gasteiger partial charge on any atom is 0.170 e. The molecule has 0 bridgehead atoms. The van der Waals surface area contributed by atoms with Crippen LogP contribution in [0.2, 0.25) is 0 Å². The van der Waals surface area contributed by atoms with Gasteiger partial charge in [0, 0.05) is 18.3 Å². The van der Waals surface area contributed by atoms with Crippen molar-refractivity contribution in [1.29, 1.82) is 0 Å². The van der Waals surface area contributed by atoms with Crippen molar-refractivity contribution in [3.8, 4) is 11.3 Å². The van der Waals surface area contributed by atoms with Crippen molar-refractivity contribution in [1.82, 2.24) is 20.1 Å². The number of benzene rings is 1. The molecule has 0 amide bonds. The summed E-state index contributed by atoms with van der Waals surface area (Å²) in [6.07, 6.45) is 2.77. The molecule has 2 aromatic heterocycles. The number of thiocarbonyl (C=S) groups is 1. The third-order valence-corrected chi connectivity index (χ3v) is 5.60. The Labute approximate surface area is 181 Å². The number of nitrogens with one attached hydrogen (secondary N) is 1. The Morgan fingerprint density at radius 3 is 2.63 bits per heavy atom. The molecule has 1 aromatic carbocycles. The van der Waals surface area contributed by atoms with Crippen LogP contribution in [-0.2, 0) is 0 Å². The average molecular weight is 425 g/mol. The summed E-state index contributed by atoms with van der Waals surface area (Å²) in [6, 6.07) is 15.9. The average Bonchev–Trinajstić information content (AvgIpc) is 3.34. The van der Waals surface area contributed by atoms with Gasteiger partial charge >= 0.3 is 0 Å². The van der Waals surface area contributed by atoms with Crippen LogP contribution in [0.5, 0.6) is 0 Å². The second kappa shape index (κ2) is 8.93. The molecule has 4 rings (SSSR count). The molecule has 1 N–H and O–H groups in total. The molecule has 1 aliphatic heterocycles. The fourth-order valence-corrected chi connectivity index (χ4v) is 4.13. The van der Waals surface area contributed by atoms with Crippen molar-refractivity contribution >= 4 is 17.3 Å². The highest BCUT2D eigenvalue weighted by atomic mass is 32.1. The van der Waals surface area contributed by atoms with Gasteiger partial charge in [0.25, 0.3) is 0 Å². The first-order chi connectivity index (χ1) is 14.5. The van der Waals surface area contributed by atoms with Crippen LogP contribution in [0.4, 0.5) is 4.39 Å². The molecule has 3 heterocycles. The molecular weight excluding hydrogens is 399 g/mol. The van der Waals surface area contributed by atoms with E-state index in [0.29, 0.717) is 10.9 Å². The van der Waals surface area contributed by atoms with E-state index < -0.39 is 0 Å². The molecule has 1 saturated heterocycles. The van der Waals surface area contributed by atoms with Crippen LogP contribution in [0, 0.1) is 5.82 Å². The standard InChI is InChI=1S/C23H25FN4OS/c1-27(2)14-5-15-28-22(21(26-23(28)30)18-6-3-4-13-25-18)20-12-11-19(29-20)16-7-9-17(24)10-8-16/h3-4,6-13,21-22H,5,14-15H2,1-2H3,(H,26,30)/t21-,22-/m1/s1. The van der Waals surface area contributed by atoms with Gasteiger partial charge in [-0.25, -0.2) is 4.39 Å². The van der Waals surface area contributed by atoms with E-state index in [1.165, 1.54) is 12.1 Å². The Morgan fingerprint density at radius 1 is 1.13 bits per heavy atom. The largest absolute Gasteiger partial charge is 0.459 e. The predicted molar refractivity (Wildman–Crippen MR) is 119 cm³/mol. The Balaban J connectivity index is 1.65.